The van der Waals surface area contributed by atoms with E-state index in [9.17, 15) is 40.3 Å². The zero-order chi connectivity index (χ0) is 32.1. The minimum absolute atomic E-state index is 0. The molecule has 45 heavy (non-hydrogen) atoms. The van der Waals surface area contributed by atoms with Crippen LogP contribution in [0.5, 0.6) is 0 Å². The predicted molar refractivity (Wildman–Crippen MR) is 155 cm³/mol. The monoisotopic (exact) mass is 658 g/mol. The van der Waals surface area contributed by atoms with E-state index in [1.807, 2.05) is 10.8 Å². The molecule has 0 unspecified atom stereocenters. The summed E-state index contributed by atoms with van der Waals surface area (Å²) in [5.41, 5.74) is -1.49. The van der Waals surface area contributed by atoms with E-state index < -0.39 is 47.4 Å². The van der Waals surface area contributed by atoms with Gasteiger partial charge in [-0.1, -0.05) is 6.07 Å². The molecular formula is C31H30ClF7N4O2. The number of hydrogen-bond donors (Lipinski definition) is 0. The average molecular weight is 659 g/mol. The van der Waals surface area contributed by atoms with Crippen LogP contribution in [0.1, 0.15) is 65.7 Å². The third-order valence-electron chi connectivity index (χ3n) is 8.39. The first-order valence-corrected chi connectivity index (χ1v) is 13.8. The second kappa shape index (κ2) is 12.4. The molecule has 0 aliphatic carbocycles. The van der Waals surface area contributed by atoms with Crippen LogP contribution in [0.3, 0.4) is 0 Å². The third-order valence-corrected chi connectivity index (χ3v) is 8.39. The molecule has 0 saturated carbocycles. The van der Waals surface area contributed by atoms with Gasteiger partial charge in [0.05, 0.1) is 28.9 Å². The molecule has 3 atom stereocenters. The van der Waals surface area contributed by atoms with E-state index in [-0.39, 0.29) is 42.2 Å². The number of rotatable bonds is 4. The largest absolute Gasteiger partial charge is 0.416 e. The number of halogens is 8. The van der Waals surface area contributed by atoms with E-state index in [4.69, 9.17) is 0 Å². The van der Waals surface area contributed by atoms with E-state index in [0.29, 0.717) is 41.8 Å². The summed E-state index contributed by atoms with van der Waals surface area (Å²) in [6.45, 7) is 3.27. The van der Waals surface area contributed by atoms with Gasteiger partial charge in [0.2, 0.25) is 0 Å². The highest BCUT2D eigenvalue weighted by molar-refractivity contribution is 5.85. The fourth-order valence-electron chi connectivity index (χ4n) is 5.84. The second-order valence-electron chi connectivity index (χ2n) is 11.1. The predicted octanol–water partition coefficient (Wildman–Crippen LogP) is 8.17. The Bertz CT molecular complexity index is 1680. The van der Waals surface area contributed by atoms with Gasteiger partial charge < -0.3 is 14.4 Å². The van der Waals surface area contributed by atoms with Crippen LogP contribution in [-0.4, -0.2) is 38.6 Å². The summed E-state index contributed by atoms with van der Waals surface area (Å²) in [5, 5.41) is 0. The molecule has 2 aromatic rings. The first-order chi connectivity index (χ1) is 20.5. The van der Waals surface area contributed by atoms with Crippen molar-refractivity contribution in [3.05, 3.63) is 111 Å². The molecule has 1 saturated heterocycles. The molecule has 0 radical (unpaired) electrons. The van der Waals surface area contributed by atoms with Gasteiger partial charge in [0.1, 0.15) is 5.82 Å². The number of aryl methyl sites for hydroxylation is 1. The summed E-state index contributed by atoms with van der Waals surface area (Å²) in [6, 6.07) is 6.16. The van der Waals surface area contributed by atoms with E-state index in [1.54, 1.807) is 31.5 Å². The number of benzene rings is 2. The van der Waals surface area contributed by atoms with Crippen molar-refractivity contribution in [2.75, 3.05) is 13.6 Å². The normalized spacial score (nSPS) is 18.0. The summed E-state index contributed by atoms with van der Waals surface area (Å²) >= 11 is 0. The Hall–Kier alpha value is -4.00. The Kier molecular flexibility index (Phi) is 9.35. The molecular weight excluding hydrogens is 629 g/mol. The van der Waals surface area contributed by atoms with Crippen LogP contribution >= 0.6 is 12.4 Å². The minimum Gasteiger partial charge on any atom is -0.348 e. The zero-order valence-corrected chi connectivity index (χ0v) is 25.2. The number of carbonyl (C=O) groups is 1. The molecule has 2 amide bonds. The smallest absolute Gasteiger partial charge is 0.348 e. The van der Waals surface area contributed by atoms with Gasteiger partial charge >= 0.3 is 18.4 Å². The fraction of sp³-hybridized carbons (Fsp3) is 0.355. The van der Waals surface area contributed by atoms with Crippen LogP contribution in [0, 0.1) is 12.7 Å². The summed E-state index contributed by atoms with van der Waals surface area (Å²) in [4.78, 5) is 28.6. The van der Waals surface area contributed by atoms with Crippen LogP contribution in [0.4, 0.5) is 35.5 Å². The first kappa shape index (κ1) is 33.9. The number of fused-ring (bicyclic) bond motifs is 1. The maximum absolute atomic E-state index is 14.0. The highest BCUT2D eigenvalue weighted by Crippen LogP contribution is 2.41. The number of hydrogen-bond acceptors (Lipinski definition) is 2. The maximum atomic E-state index is 14.0. The van der Waals surface area contributed by atoms with Crippen molar-refractivity contribution >= 4 is 18.4 Å². The van der Waals surface area contributed by atoms with Crippen molar-refractivity contribution in [1.29, 1.82) is 0 Å². The number of carbonyl (C=O) groups excluding carboxylic acids is 1. The van der Waals surface area contributed by atoms with E-state index in [2.05, 4.69) is 0 Å². The third kappa shape index (κ3) is 6.82. The molecule has 242 valence electrons. The van der Waals surface area contributed by atoms with Gasteiger partial charge in [-0.15, -0.1) is 12.4 Å². The Balaban J connectivity index is 0.00000461. The van der Waals surface area contributed by atoms with Gasteiger partial charge in [-0.05, 0) is 79.8 Å². The van der Waals surface area contributed by atoms with Gasteiger partial charge in [-0.25, -0.2) is 9.18 Å². The van der Waals surface area contributed by atoms with Gasteiger partial charge in [0, 0.05) is 44.3 Å². The van der Waals surface area contributed by atoms with Crippen LogP contribution in [0.15, 0.2) is 71.9 Å². The molecule has 0 N–H and O–H groups in total. The summed E-state index contributed by atoms with van der Waals surface area (Å²) in [7, 11) is 1.33. The molecule has 1 fully saturated rings. The molecule has 3 aliphatic heterocycles. The number of piperidine rings is 1. The lowest BCUT2D eigenvalue weighted by atomic mass is 9.89. The summed E-state index contributed by atoms with van der Waals surface area (Å²) < 4.78 is 98.6. The highest BCUT2D eigenvalue weighted by Gasteiger charge is 2.39. The van der Waals surface area contributed by atoms with Gasteiger partial charge in [-0.2, -0.15) is 26.3 Å². The molecule has 0 bridgehead atoms. The van der Waals surface area contributed by atoms with Crippen LogP contribution in [0.25, 0.3) is 5.69 Å². The lowest BCUT2D eigenvalue weighted by molar-refractivity contribution is -0.143. The van der Waals surface area contributed by atoms with Gasteiger partial charge in [0.15, 0.2) is 0 Å². The first-order valence-electron chi connectivity index (χ1n) is 13.8. The molecule has 5 rings (SSSR count). The fourth-order valence-corrected chi connectivity index (χ4v) is 5.84. The standard InChI is InChI=1S/C31H29F7N4O2.ClH/c1-18-12-23(32)4-6-26(18)27-16-24(40-10-11-41-25(17-40)5-7-28(41)43)8-9-42(27)29(44)39(3)19(2)20-13-21(30(33,34)35)15-22(14-20)31(36,37)38;/h4-7,10-15,17,19,24,27H,8-9,16H2,1-3H3;1H/t19-,24+,27-;/m1./s1. The van der Waals surface area contributed by atoms with E-state index >= 15 is 0 Å². The zero-order valence-electron chi connectivity index (χ0n) is 24.4. The molecule has 0 aromatic heterocycles. The van der Waals surface area contributed by atoms with Crippen molar-refractivity contribution in [2.24, 2.45) is 0 Å². The lowest BCUT2D eigenvalue weighted by Crippen LogP contribution is -2.48. The maximum Gasteiger partial charge on any atom is 0.416 e. The van der Waals surface area contributed by atoms with Crippen molar-refractivity contribution in [2.45, 2.75) is 57.2 Å². The number of alkyl halides is 6. The van der Waals surface area contributed by atoms with Gasteiger partial charge in [0.25, 0.3) is 5.56 Å². The average Bonchev–Trinajstić information content (AvgIpc) is 3.34. The van der Waals surface area contributed by atoms with Crippen LogP contribution in [0.2, 0.25) is 0 Å². The number of aromatic nitrogens is 2. The van der Waals surface area contributed by atoms with Crippen molar-refractivity contribution < 1.29 is 35.5 Å². The Morgan fingerprint density at radius 3 is 2.20 bits per heavy atom. The van der Waals surface area contributed by atoms with Crippen molar-refractivity contribution in [1.82, 2.24) is 18.9 Å². The molecule has 0 spiro atoms. The van der Waals surface area contributed by atoms with E-state index in [0.717, 1.165) is 4.90 Å². The van der Waals surface area contributed by atoms with Crippen molar-refractivity contribution in [3.63, 3.8) is 0 Å². The number of likely N-dealkylation sites (tertiary alicyclic amines) is 1. The lowest BCUT2D eigenvalue weighted by Gasteiger charge is -2.43. The molecule has 3 heterocycles. The SMILES string of the molecule is Cc1cc(F)ccc1[C@H]1C[C@@H](n2ccn3c(=O)ccc-3c2)CCN1C(=O)N(C)[C@H](C)c1cc(C(F)(F)F)cc(C(F)(F)F)c1.Cl. The van der Waals surface area contributed by atoms with Gasteiger partial charge in [-0.3, -0.25) is 9.36 Å². The highest BCUT2D eigenvalue weighted by atomic mass is 35.5. The topological polar surface area (TPSA) is 50.5 Å². The summed E-state index contributed by atoms with van der Waals surface area (Å²) in [5.74, 6) is -0.464. The molecule has 14 heteroatoms. The van der Waals surface area contributed by atoms with Crippen LogP contribution < -0.4 is 5.56 Å². The number of nitrogens with zero attached hydrogens (tertiary/aromatic N) is 4. The number of urea groups is 1. The second-order valence-corrected chi connectivity index (χ2v) is 11.1. The van der Waals surface area contributed by atoms with E-state index in [1.165, 1.54) is 41.6 Å². The Morgan fingerprint density at radius 1 is 0.956 bits per heavy atom. The quantitative estimate of drug-likeness (QED) is 0.208. The van der Waals surface area contributed by atoms with Crippen LogP contribution in [-0.2, 0) is 12.4 Å². The molecule has 3 aliphatic rings. The Labute approximate surface area is 260 Å². The Morgan fingerprint density at radius 2 is 1.60 bits per heavy atom. The molecule has 2 aromatic carbocycles. The molecule has 6 nitrogen and oxygen atoms in total. The summed E-state index contributed by atoms with van der Waals surface area (Å²) in [6.07, 6.45) is -3.98. The van der Waals surface area contributed by atoms with Crippen molar-refractivity contribution in [3.8, 4) is 5.69 Å². The minimum atomic E-state index is -5.03. The number of amides is 2.